The van der Waals surface area contributed by atoms with E-state index >= 15 is 0 Å². The van der Waals surface area contributed by atoms with E-state index in [1.54, 1.807) is 0 Å². The van der Waals surface area contributed by atoms with Crippen LogP contribution in [0.2, 0.25) is 0 Å². The minimum Gasteiger partial charge on any atom is -0.454 e. The maximum absolute atomic E-state index is 12.9. The Hall–Kier alpha value is -2.87. The lowest BCUT2D eigenvalue weighted by atomic mass is 9.95. The SMILES string of the molecule is CN1CCc2nc([C@H]3CCCN(C(=O)Cc4ccc5c(c4)OCO5)C3)[nH]c(=O)c2C1. The number of hydrogen-bond acceptors (Lipinski definition) is 6. The van der Waals surface area contributed by atoms with E-state index in [0.29, 0.717) is 25.3 Å². The molecule has 8 heteroatoms. The standard InChI is InChI=1S/C22H26N4O4/c1-25-8-6-17-16(12-25)22(28)24-21(23-17)15-3-2-7-26(11-15)20(27)10-14-4-5-18-19(9-14)30-13-29-18/h4-5,9,15H,2-3,6-8,10-13H2,1H3,(H,23,24,28)/t15-/m0/s1. The van der Waals surface area contributed by atoms with Gasteiger partial charge in [0.1, 0.15) is 5.82 Å². The number of piperidine rings is 1. The molecule has 8 nitrogen and oxygen atoms in total. The van der Waals surface area contributed by atoms with Crippen molar-refractivity contribution in [2.45, 2.75) is 38.1 Å². The molecule has 0 saturated carbocycles. The van der Waals surface area contributed by atoms with E-state index in [2.05, 4.69) is 9.88 Å². The van der Waals surface area contributed by atoms with Crippen molar-refractivity contribution >= 4 is 5.91 Å². The summed E-state index contributed by atoms with van der Waals surface area (Å²) in [4.78, 5) is 37.4. The number of amides is 1. The minimum absolute atomic E-state index is 0.0367. The number of carbonyl (C=O) groups is 1. The van der Waals surface area contributed by atoms with Gasteiger partial charge in [-0.05, 0) is 37.6 Å². The van der Waals surface area contributed by atoms with Crippen molar-refractivity contribution < 1.29 is 14.3 Å². The van der Waals surface area contributed by atoms with Crippen LogP contribution in [0.3, 0.4) is 0 Å². The normalized spacial score (nSPS) is 20.8. The molecule has 0 aliphatic carbocycles. The Morgan fingerprint density at radius 3 is 3.03 bits per heavy atom. The van der Waals surface area contributed by atoms with Gasteiger partial charge in [0, 0.05) is 38.5 Å². The first-order chi connectivity index (χ1) is 14.6. The van der Waals surface area contributed by atoms with Crippen molar-refractivity contribution in [1.82, 2.24) is 19.8 Å². The summed E-state index contributed by atoms with van der Waals surface area (Å²) in [7, 11) is 2.01. The number of aromatic amines is 1. The molecule has 0 bridgehead atoms. The van der Waals surface area contributed by atoms with E-state index in [0.717, 1.165) is 60.7 Å². The number of nitrogens with one attached hydrogen (secondary N) is 1. The number of fused-ring (bicyclic) bond motifs is 2. The average Bonchev–Trinajstić information content (AvgIpc) is 3.22. The maximum Gasteiger partial charge on any atom is 0.255 e. The zero-order valence-electron chi connectivity index (χ0n) is 17.1. The molecule has 4 heterocycles. The van der Waals surface area contributed by atoms with Crippen LogP contribution in [0.5, 0.6) is 11.5 Å². The van der Waals surface area contributed by atoms with Crippen LogP contribution < -0.4 is 15.0 Å². The molecule has 1 saturated heterocycles. The number of likely N-dealkylation sites (N-methyl/N-ethyl adjacent to an activating group) is 1. The minimum atomic E-state index is -0.0367. The van der Waals surface area contributed by atoms with Crippen LogP contribution >= 0.6 is 0 Å². The summed E-state index contributed by atoms with van der Waals surface area (Å²) in [6.45, 7) is 3.10. The Kier molecular flexibility index (Phi) is 4.94. The Balaban J connectivity index is 1.29. The highest BCUT2D eigenvalue weighted by Gasteiger charge is 2.28. The van der Waals surface area contributed by atoms with Gasteiger partial charge in [0.2, 0.25) is 12.7 Å². The third-order valence-electron chi connectivity index (χ3n) is 6.23. The van der Waals surface area contributed by atoms with Crippen molar-refractivity contribution in [3.05, 3.63) is 51.2 Å². The van der Waals surface area contributed by atoms with Gasteiger partial charge in [-0.1, -0.05) is 6.07 Å². The summed E-state index contributed by atoms with van der Waals surface area (Å²) < 4.78 is 10.7. The first-order valence-corrected chi connectivity index (χ1v) is 10.5. The molecule has 1 atom stereocenters. The van der Waals surface area contributed by atoms with E-state index in [1.807, 2.05) is 30.1 Å². The van der Waals surface area contributed by atoms with Gasteiger partial charge in [-0.3, -0.25) is 9.59 Å². The van der Waals surface area contributed by atoms with Gasteiger partial charge >= 0.3 is 0 Å². The molecule has 2 aromatic rings. The third kappa shape index (κ3) is 3.67. The molecule has 30 heavy (non-hydrogen) atoms. The van der Waals surface area contributed by atoms with Gasteiger partial charge in [-0.2, -0.15) is 0 Å². The summed E-state index contributed by atoms with van der Waals surface area (Å²) in [6.07, 6.45) is 2.95. The Morgan fingerprint density at radius 1 is 1.27 bits per heavy atom. The average molecular weight is 410 g/mol. The number of carbonyl (C=O) groups excluding carboxylic acids is 1. The van der Waals surface area contributed by atoms with Crippen LogP contribution in [0.25, 0.3) is 0 Å². The molecule has 1 N–H and O–H groups in total. The molecule has 5 rings (SSSR count). The molecule has 0 unspecified atom stereocenters. The van der Waals surface area contributed by atoms with Crippen molar-refractivity contribution in [3.63, 3.8) is 0 Å². The van der Waals surface area contributed by atoms with Crippen molar-refractivity contribution in [2.75, 3.05) is 33.5 Å². The molecule has 1 aromatic carbocycles. The summed E-state index contributed by atoms with van der Waals surface area (Å²) in [5.74, 6) is 2.29. The molecule has 3 aliphatic heterocycles. The molecule has 1 aromatic heterocycles. The zero-order valence-corrected chi connectivity index (χ0v) is 17.1. The second kappa shape index (κ2) is 7.75. The summed E-state index contributed by atoms with van der Waals surface area (Å²) in [5, 5.41) is 0. The van der Waals surface area contributed by atoms with Crippen molar-refractivity contribution in [1.29, 1.82) is 0 Å². The molecular formula is C22H26N4O4. The Morgan fingerprint density at radius 2 is 2.13 bits per heavy atom. The van der Waals surface area contributed by atoms with E-state index < -0.39 is 0 Å². The molecule has 158 valence electrons. The number of likely N-dealkylation sites (tertiary alicyclic amines) is 1. The van der Waals surface area contributed by atoms with Crippen LogP contribution in [-0.2, 0) is 24.2 Å². The number of hydrogen-bond donors (Lipinski definition) is 1. The Bertz CT molecular complexity index is 1030. The summed E-state index contributed by atoms with van der Waals surface area (Å²) in [6, 6.07) is 5.64. The Labute approximate surface area is 174 Å². The first kappa shape index (κ1) is 19.1. The van der Waals surface area contributed by atoms with E-state index in [1.165, 1.54) is 0 Å². The molecule has 0 radical (unpaired) electrons. The topological polar surface area (TPSA) is 87.8 Å². The van der Waals surface area contributed by atoms with E-state index in [-0.39, 0.29) is 24.2 Å². The molecule has 0 spiro atoms. The fourth-order valence-corrected chi connectivity index (χ4v) is 4.54. The number of ether oxygens (including phenoxy) is 2. The van der Waals surface area contributed by atoms with Crippen molar-refractivity contribution in [3.8, 4) is 11.5 Å². The van der Waals surface area contributed by atoms with Gasteiger partial charge in [0.05, 0.1) is 17.7 Å². The second-order valence-electron chi connectivity index (χ2n) is 8.41. The highest BCUT2D eigenvalue weighted by molar-refractivity contribution is 5.79. The molecule has 3 aliphatic rings. The largest absolute Gasteiger partial charge is 0.454 e. The fraction of sp³-hybridized carbons (Fsp3) is 0.500. The maximum atomic E-state index is 12.9. The van der Waals surface area contributed by atoms with Gasteiger partial charge in [-0.15, -0.1) is 0 Å². The summed E-state index contributed by atoms with van der Waals surface area (Å²) >= 11 is 0. The quantitative estimate of drug-likeness (QED) is 0.824. The lowest BCUT2D eigenvalue weighted by molar-refractivity contribution is -0.131. The van der Waals surface area contributed by atoms with E-state index in [4.69, 9.17) is 14.5 Å². The van der Waals surface area contributed by atoms with Crippen LogP contribution in [-0.4, -0.2) is 59.1 Å². The highest BCUT2D eigenvalue weighted by Crippen LogP contribution is 2.33. The molecular weight excluding hydrogens is 384 g/mol. The predicted molar refractivity (Wildman–Crippen MR) is 110 cm³/mol. The number of benzene rings is 1. The highest BCUT2D eigenvalue weighted by atomic mass is 16.7. The number of H-pyrrole nitrogens is 1. The van der Waals surface area contributed by atoms with Crippen LogP contribution in [0.1, 0.15) is 41.4 Å². The molecule has 1 amide bonds. The monoisotopic (exact) mass is 410 g/mol. The van der Waals surface area contributed by atoms with E-state index in [9.17, 15) is 9.59 Å². The number of rotatable bonds is 3. The van der Waals surface area contributed by atoms with Gasteiger partial charge in [0.25, 0.3) is 5.56 Å². The van der Waals surface area contributed by atoms with Crippen molar-refractivity contribution in [2.24, 2.45) is 0 Å². The van der Waals surface area contributed by atoms with Crippen LogP contribution in [0, 0.1) is 0 Å². The smallest absolute Gasteiger partial charge is 0.255 e. The fourth-order valence-electron chi connectivity index (χ4n) is 4.54. The van der Waals surface area contributed by atoms with Gasteiger partial charge in [0.15, 0.2) is 11.5 Å². The van der Waals surface area contributed by atoms with Crippen LogP contribution in [0.15, 0.2) is 23.0 Å². The lowest BCUT2D eigenvalue weighted by Gasteiger charge is -2.33. The zero-order chi connectivity index (χ0) is 20.7. The predicted octanol–water partition coefficient (Wildman–Crippen LogP) is 1.44. The molecule has 1 fully saturated rings. The van der Waals surface area contributed by atoms with Crippen LogP contribution in [0.4, 0.5) is 0 Å². The van der Waals surface area contributed by atoms with Gasteiger partial charge < -0.3 is 24.3 Å². The summed E-state index contributed by atoms with van der Waals surface area (Å²) in [5.41, 5.74) is 2.57. The number of aromatic nitrogens is 2. The third-order valence-corrected chi connectivity index (χ3v) is 6.23. The van der Waals surface area contributed by atoms with Gasteiger partial charge in [-0.25, -0.2) is 4.98 Å². The second-order valence-corrected chi connectivity index (χ2v) is 8.41. The lowest BCUT2D eigenvalue weighted by Crippen LogP contribution is -2.41. The first-order valence-electron chi connectivity index (χ1n) is 10.5. The number of nitrogens with zero attached hydrogens (tertiary/aromatic N) is 3.